The number of nitrogen functional groups attached to an aromatic ring is 1. The maximum Gasteiger partial charge on any atom is 0.251 e. The third-order valence-electron chi connectivity index (χ3n) is 6.36. The number of rotatable bonds is 6. The van der Waals surface area contributed by atoms with Gasteiger partial charge in [-0.15, -0.1) is 0 Å². The zero-order chi connectivity index (χ0) is 25.8. The van der Waals surface area contributed by atoms with Gasteiger partial charge in [0.1, 0.15) is 6.04 Å². The first-order valence-electron chi connectivity index (χ1n) is 12.2. The minimum Gasteiger partial charge on any atom is -0.375 e. The van der Waals surface area contributed by atoms with Crippen molar-refractivity contribution in [2.24, 2.45) is 0 Å². The smallest absolute Gasteiger partial charge is 0.251 e. The average Bonchev–Trinajstić information content (AvgIpc) is 3.20. The second-order valence-corrected chi connectivity index (χ2v) is 10.1. The first-order chi connectivity index (χ1) is 18.0. The second-order valence-electron chi connectivity index (χ2n) is 9.01. The number of thiazole rings is 1. The Balaban J connectivity index is 1.21. The molecule has 1 aromatic heterocycles. The molecule has 1 aliphatic rings. The highest BCUT2D eigenvalue weighted by Crippen LogP contribution is 2.26. The number of amides is 3. The minimum absolute atomic E-state index is 0.0835. The standard InChI is InChI=1S/C28H27N5O3S/c29-28-32-22-14-13-21(16-24(22)37-28)30-25(34)17-33-15-5-4-8-23(27(33)36)31-26(35)20-11-9-19(10-12-20)18-6-2-1-3-7-18/h1-3,6-7,9-14,16,23H,4-5,8,15,17H2,(H2,29,32)(H,30,34)(H,31,35). The number of likely N-dealkylation sites (tertiary alicyclic amines) is 1. The van der Waals surface area contributed by atoms with E-state index in [1.165, 1.54) is 16.2 Å². The van der Waals surface area contributed by atoms with E-state index < -0.39 is 6.04 Å². The summed E-state index contributed by atoms with van der Waals surface area (Å²) < 4.78 is 0.876. The first-order valence-corrected chi connectivity index (χ1v) is 13.0. The number of carbonyl (C=O) groups is 3. The molecule has 0 radical (unpaired) electrons. The maximum absolute atomic E-state index is 13.2. The van der Waals surface area contributed by atoms with Crippen molar-refractivity contribution < 1.29 is 14.4 Å². The summed E-state index contributed by atoms with van der Waals surface area (Å²) >= 11 is 1.35. The highest BCUT2D eigenvalue weighted by atomic mass is 32.1. The Labute approximate surface area is 218 Å². The Bertz CT molecular complexity index is 1440. The second kappa shape index (κ2) is 10.8. The summed E-state index contributed by atoms with van der Waals surface area (Å²) in [6, 6.07) is 21.9. The number of nitrogens with two attached hydrogens (primary N) is 1. The van der Waals surface area contributed by atoms with Crippen LogP contribution in [-0.2, 0) is 9.59 Å². The van der Waals surface area contributed by atoms with Gasteiger partial charge in [-0.25, -0.2) is 4.98 Å². The predicted octanol–water partition coefficient (Wildman–Crippen LogP) is 4.30. The molecule has 1 aliphatic heterocycles. The van der Waals surface area contributed by atoms with Gasteiger partial charge in [-0.2, -0.15) is 0 Å². The molecule has 3 amide bonds. The lowest BCUT2D eigenvalue weighted by molar-refractivity contribution is -0.135. The Morgan fingerprint density at radius 1 is 1.00 bits per heavy atom. The summed E-state index contributed by atoms with van der Waals surface area (Å²) in [7, 11) is 0. The number of anilines is 2. The number of aromatic nitrogens is 1. The lowest BCUT2D eigenvalue weighted by atomic mass is 10.0. The number of fused-ring (bicyclic) bond motifs is 1. The van der Waals surface area contributed by atoms with Crippen LogP contribution in [0.1, 0.15) is 29.6 Å². The molecule has 37 heavy (non-hydrogen) atoms. The van der Waals surface area contributed by atoms with Gasteiger partial charge in [-0.05, 0) is 60.7 Å². The third-order valence-corrected chi connectivity index (χ3v) is 7.21. The van der Waals surface area contributed by atoms with Crippen molar-refractivity contribution in [3.05, 3.63) is 78.4 Å². The third kappa shape index (κ3) is 5.78. The van der Waals surface area contributed by atoms with Gasteiger partial charge in [0.25, 0.3) is 5.91 Å². The van der Waals surface area contributed by atoms with E-state index in [1.54, 1.807) is 24.3 Å². The van der Waals surface area contributed by atoms with E-state index in [0.29, 0.717) is 29.3 Å². The molecule has 1 atom stereocenters. The molecule has 8 nitrogen and oxygen atoms in total. The Hall–Kier alpha value is -4.24. The molecule has 0 saturated carbocycles. The zero-order valence-electron chi connectivity index (χ0n) is 20.1. The van der Waals surface area contributed by atoms with Crippen molar-refractivity contribution in [1.82, 2.24) is 15.2 Å². The summed E-state index contributed by atoms with van der Waals surface area (Å²) in [6.45, 7) is 0.384. The molecular weight excluding hydrogens is 486 g/mol. The number of benzene rings is 3. The molecule has 0 bridgehead atoms. The van der Waals surface area contributed by atoms with Crippen LogP contribution in [-0.4, -0.2) is 46.7 Å². The van der Waals surface area contributed by atoms with E-state index in [2.05, 4.69) is 15.6 Å². The van der Waals surface area contributed by atoms with Gasteiger partial charge in [0, 0.05) is 17.8 Å². The lowest BCUT2D eigenvalue weighted by Crippen LogP contribution is -2.49. The van der Waals surface area contributed by atoms with E-state index in [0.717, 1.165) is 34.2 Å². The molecular formula is C28H27N5O3S. The highest BCUT2D eigenvalue weighted by molar-refractivity contribution is 7.22. The van der Waals surface area contributed by atoms with Gasteiger partial charge >= 0.3 is 0 Å². The molecule has 1 unspecified atom stereocenters. The number of carbonyl (C=O) groups excluding carboxylic acids is 3. The van der Waals surface area contributed by atoms with Gasteiger partial charge in [-0.3, -0.25) is 14.4 Å². The van der Waals surface area contributed by atoms with Crippen LogP contribution in [0.15, 0.2) is 72.8 Å². The van der Waals surface area contributed by atoms with Gasteiger partial charge in [0.15, 0.2) is 5.13 Å². The van der Waals surface area contributed by atoms with Crippen LogP contribution < -0.4 is 16.4 Å². The Morgan fingerprint density at radius 2 is 1.76 bits per heavy atom. The van der Waals surface area contributed by atoms with Crippen LogP contribution in [0.4, 0.5) is 10.8 Å². The molecule has 1 fully saturated rings. The minimum atomic E-state index is -0.673. The van der Waals surface area contributed by atoms with Gasteiger partial charge < -0.3 is 21.3 Å². The summed E-state index contributed by atoms with van der Waals surface area (Å²) in [4.78, 5) is 44.6. The maximum atomic E-state index is 13.2. The first kappa shape index (κ1) is 24.5. The molecule has 2 heterocycles. The van der Waals surface area contributed by atoms with E-state index in [9.17, 15) is 14.4 Å². The van der Waals surface area contributed by atoms with Crippen LogP contribution in [0.25, 0.3) is 21.3 Å². The fourth-order valence-corrected chi connectivity index (χ4v) is 5.25. The average molecular weight is 514 g/mol. The SMILES string of the molecule is Nc1nc2ccc(NC(=O)CN3CCCCC(NC(=O)c4ccc(-c5ccccc5)cc4)C3=O)cc2s1. The predicted molar refractivity (Wildman–Crippen MR) is 146 cm³/mol. The largest absolute Gasteiger partial charge is 0.375 e. The Kier molecular flexibility index (Phi) is 7.14. The number of nitrogens with zero attached hydrogens (tertiary/aromatic N) is 2. The van der Waals surface area contributed by atoms with Crippen LogP contribution in [0, 0.1) is 0 Å². The van der Waals surface area contributed by atoms with Gasteiger partial charge in [0.05, 0.1) is 16.8 Å². The Morgan fingerprint density at radius 3 is 2.54 bits per heavy atom. The molecule has 188 valence electrons. The summed E-state index contributed by atoms with van der Waals surface area (Å²) in [5.41, 5.74) is 9.72. The van der Waals surface area contributed by atoms with Crippen molar-refractivity contribution in [2.45, 2.75) is 25.3 Å². The molecule has 0 spiro atoms. The van der Waals surface area contributed by atoms with E-state index in [4.69, 9.17) is 5.73 Å². The van der Waals surface area contributed by atoms with Crippen LogP contribution in [0.3, 0.4) is 0 Å². The van der Waals surface area contributed by atoms with Crippen molar-refractivity contribution >= 4 is 50.1 Å². The fourth-order valence-electron chi connectivity index (χ4n) is 4.48. The summed E-state index contributed by atoms with van der Waals surface area (Å²) in [6.07, 6.45) is 2.09. The quantitative estimate of drug-likeness (QED) is 0.355. The molecule has 0 aliphatic carbocycles. The molecule has 4 aromatic rings. The zero-order valence-corrected chi connectivity index (χ0v) is 21.0. The highest BCUT2D eigenvalue weighted by Gasteiger charge is 2.29. The van der Waals surface area contributed by atoms with E-state index in [1.807, 2.05) is 48.5 Å². The molecule has 1 saturated heterocycles. The van der Waals surface area contributed by atoms with Crippen LogP contribution in [0.5, 0.6) is 0 Å². The van der Waals surface area contributed by atoms with Gasteiger partial charge in [-0.1, -0.05) is 53.8 Å². The monoisotopic (exact) mass is 513 g/mol. The molecule has 5 rings (SSSR count). The van der Waals surface area contributed by atoms with E-state index >= 15 is 0 Å². The number of hydrogen-bond donors (Lipinski definition) is 3. The molecule has 4 N–H and O–H groups in total. The molecule has 3 aromatic carbocycles. The fraction of sp³-hybridized carbons (Fsp3) is 0.214. The van der Waals surface area contributed by atoms with Crippen molar-refractivity contribution in [3.63, 3.8) is 0 Å². The van der Waals surface area contributed by atoms with Crippen LogP contribution in [0.2, 0.25) is 0 Å². The van der Waals surface area contributed by atoms with Crippen molar-refractivity contribution in [1.29, 1.82) is 0 Å². The van der Waals surface area contributed by atoms with E-state index in [-0.39, 0.29) is 24.3 Å². The lowest BCUT2D eigenvalue weighted by Gasteiger charge is -2.24. The number of hydrogen-bond acceptors (Lipinski definition) is 6. The number of nitrogens with one attached hydrogen (secondary N) is 2. The van der Waals surface area contributed by atoms with Crippen molar-refractivity contribution in [3.8, 4) is 11.1 Å². The van der Waals surface area contributed by atoms with Gasteiger partial charge in [0.2, 0.25) is 11.8 Å². The summed E-state index contributed by atoms with van der Waals surface area (Å²) in [5.74, 6) is -0.845. The van der Waals surface area contributed by atoms with Crippen LogP contribution >= 0.6 is 11.3 Å². The normalized spacial score (nSPS) is 15.8. The topological polar surface area (TPSA) is 117 Å². The molecule has 9 heteroatoms. The summed E-state index contributed by atoms with van der Waals surface area (Å²) in [5, 5.41) is 6.20. The van der Waals surface area contributed by atoms with Crippen molar-refractivity contribution in [2.75, 3.05) is 24.1 Å².